The second kappa shape index (κ2) is 5.33. The summed E-state index contributed by atoms with van der Waals surface area (Å²) in [5.41, 5.74) is 3.20. The Morgan fingerprint density at radius 1 is 1.50 bits per heavy atom. The van der Waals surface area contributed by atoms with Crippen molar-refractivity contribution in [3.05, 3.63) is 12.7 Å². The van der Waals surface area contributed by atoms with Crippen molar-refractivity contribution >= 4 is 0 Å². The molecule has 0 aromatic rings. The molecule has 72 valence electrons. The SMILES string of the molecule is C=CCC(CCC(C)(C)C)NN. The molecule has 2 nitrogen and oxygen atoms in total. The zero-order valence-corrected chi connectivity index (χ0v) is 8.56. The molecule has 0 rings (SSSR count). The third-order valence-electron chi connectivity index (χ3n) is 1.93. The van der Waals surface area contributed by atoms with E-state index in [4.69, 9.17) is 5.84 Å². The molecule has 0 fully saturated rings. The number of hydrazine groups is 1. The molecule has 1 unspecified atom stereocenters. The van der Waals surface area contributed by atoms with Crippen LogP contribution in [0.3, 0.4) is 0 Å². The summed E-state index contributed by atoms with van der Waals surface area (Å²) in [5.74, 6) is 5.39. The van der Waals surface area contributed by atoms with Crippen LogP contribution in [0, 0.1) is 5.41 Å². The van der Waals surface area contributed by atoms with Gasteiger partial charge in [0.15, 0.2) is 0 Å². The van der Waals surface area contributed by atoms with Crippen LogP contribution < -0.4 is 11.3 Å². The van der Waals surface area contributed by atoms with Gasteiger partial charge in [0.2, 0.25) is 0 Å². The van der Waals surface area contributed by atoms with Crippen LogP contribution in [0.5, 0.6) is 0 Å². The van der Waals surface area contributed by atoms with Gasteiger partial charge < -0.3 is 0 Å². The Bertz CT molecular complexity index is 124. The van der Waals surface area contributed by atoms with Gasteiger partial charge in [0.25, 0.3) is 0 Å². The zero-order chi connectivity index (χ0) is 9.61. The first-order valence-corrected chi connectivity index (χ1v) is 4.56. The highest BCUT2D eigenvalue weighted by atomic mass is 15.2. The zero-order valence-electron chi connectivity index (χ0n) is 8.56. The minimum atomic E-state index is 0.390. The minimum absolute atomic E-state index is 0.390. The molecule has 0 spiro atoms. The summed E-state index contributed by atoms with van der Waals surface area (Å²) in [5, 5.41) is 0. The highest BCUT2D eigenvalue weighted by Gasteiger charge is 2.13. The van der Waals surface area contributed by atoms with E-state index in [2.05, 4.69) is 32.8 Å². The van der Waals surface area contributed by atoms with Gasteiger partial charge in [-0.3, -0.25) is 11.3 Å². The van der Waals surface area contributed by atoms with Gasteiger partial charge in [-0.15, -0.1) is 6.58 Å². The van der Waals surface area contributed by atoms with Crippen molar-refractivity contribution < 1.29 is 0 Å². The Labute approximate surface area is 76.2 Å². The summed E-state index contributed by atoms with van der Waals surface area (Å²) >= 11 is 0. The van der Waals surface area contributed by atoms with E-state index in [-0.39, 0.29) is 0 Å². The van der Waals surface area contributed by atoms with E-state index in [0.717, 1.165) is 12.8 Å². The topological polar surface area (TPSA) is 38.0 Å². The lowest BCUT2D eigenvalue weighted by Gasteiger charge is -2.21. The van der Waals surface area contributed by atoms with Crippen LogP contribution >= 0.6 is 0 Å². The summed E-state index contributed by atoms with van der Waals surface area (Å²) in [6.07, 6.45) is 5.17. The van der Waals surface area contributed by atoms with Crippen molar-refractivity contribution in [3.8, 4) is 0 Å². The van der Waals surface area contributed by atoms with Crippen LogP contribution in [0.2, 0.25) is 0 Å². The maximum Gasteiger partial charge on any atom is 0.0245 e. The Hall–Kier alpha value is -0.340. The molecular weight excluding hydrogens is 148 g/mol. The summed E-state index contributed by atoms with van der Waals surface area (Å²) in [7, 11) is 0. The molecule has 3 N–H and O–H groups in total. The van der Waals surface area contributed by atoms with E-state index >= 15 is 0 Å². The van der Waals surface area contributed by atoms with E-state index in [1.807, 2.05) is 6.08 Å². The van der Waals surface area contributed by atoms with Crippen LogP contribution in [-0.2, 0) is 0 Å². The molecule has 0 saturated heterocycles. The van der Waals surface area contributed by atoms with Crippen LogP contribution in [0.1, 0.15) is 40.0 Å². The van der Waals surface area contributed by atoms with Gasteiger partial charge in [-0.25, -0.2) is 0 Å². The summed E-state index contributed by atoms with van der Waals surface area (Å²) in [4.78, 5) is 0. The summed E-state index contributed by atoms with van der Waals surface area (Å²) < 4.78 is 0. The quantitative estimate of drug-likeness (QED) is 0.377. The van der Waals surface area contributed by atoms with Crippen molar-refractivity contribution in [3.63, 3.8) is 0 Å². The normalized spacial score (nSPS) is 14.3. The number of nitrogens with one attached hydrogen (secondary N) is 1. The van der Waals surface area contributed by atoms with E-state index in [9.17, 15) is 0 Å². The highest BCUT2D eigenvalue weighted by Crippen LogP contribution is 2.22. The van der Waals surface area contributed by atoms with E-state index in [1.54, 1.807) is 0 Å². The minimum Gasteiger partial charge on any atom is -0.271 e. The number of hydrogen-bond donors (Lipinski definition) is 2. The molecule has 0 aromatic carbocycles. The highest BCUT2D eigenvalue weighted by molar-refractivity contribution is 4.78. The predicted octanol–water partition coefficient (Wildman–Crippen LogP) is 2.22. The Kier molecular flexibility index (Phi) is 5.18. The number of nitrogens with two attached hydrogens (primary N) is 1. The summed E-state index contributed by atoms with van der Waals surface area (Å²) in [6, 6.07) is 0.390. The molecule has 12 heavy (non-hydrogen) atoms. The Balaban J connectivity index is 3.64. The maximum atomic E-state index is 5.39. The number of rotatable bonds is 5. The average molecular weight is 170 g/mol. The van der Waals surface area contributed by atoms with E-state index < -0.39 is 0 Å². The van der Waals surface area contributed by atoms with E-state index in [0.29, 0.717) is 11.5 Å². The lowest BCUT2D eigenvalue weighted by molar-refractivity contribution is 0.331. The second-order valence-corrected chi connectivity index (χ2v) is 4.49. The molecule has 0 aliphatic carbocycles. The molecule has 0 saturated carbocycles. The fourth-order valence-electron chi connectivity index (χ4n) is 1.08. The van der Waals surface area contributed by atoms with Crippen molar-refractivity contribution in [1.82, 2.24) is 5.43 Å². The monoisotopic (exact) mass is 170 g/mol. The molecule has 0 bridgehead atoms. The van der Waals surface area contributed by atoms with E-state index in [1.165, 1.54) is 6.42 Å². The Morgan fingerprint density at radius 2 is 2.08 bits per heavy atom. The molecule has 0 radical (unpaired) electrons. The molecule has 0 aliphatic heterocycles. The maximum absolute atomic E-state index is 5.39. The van der Waals surface area contributed by atoms with Gasteiger partial charge in [-0.1, -0.05) is 26.8 Å². The van der Waals surface area contributed by atoms with Crippen LogP contribution in [0.15, 0.2) is 12.7 Å². The van der Waals surface area contributed by atoms with Gasteiger partial charge in [0, 0.05) is 6.04 Å². The van der Waals surface area contributed by atoms with Gasteiger partial charge in [-0.05, 0) is 24.7 Å². The lowest BCUT2D eigenvalue weighted by atomic mass is 9.88. The van der Waals surface area contributed by atoms with Crippen molar-refractivity contribution in [1.29, 1.82) is 0 Å². The predicted molar refractivity (Wildman–Crippen MR) is 54.6 cm³/mol. The van der Waals surface area contributed by atoms with Gasteiger partial charge in [0.05, 0.1) is 0 Å². The van der Waals surface area contributed by atoms with Gasteiger partial charge >= 0.3 is 0 Å². The van der Waals surface area contributed by atoms with Crippen molar-refractivity contribution in [2.75, 3.05) is 0 Å². The standard InChI is InChI=1S/C10H22N2/c1-5-6-9(12-11)7-8-10(2,3)4/h5,9,12H,1,6-8,11H2,2-4H3. The fourth-order valence-corrected chi connectivity index (χ4v) is 1.08. The lowest BCUT2D eigenvalue weighted by Crippen LogP contribution is -2.35. The smallest absolute Gasteiger partial charge is 0.0245 e. The van der Waals surface area contributed by atoms with Crippen molar-refractivity contribution in [2.24, 2.45) is 11.3 Å². The second-order valence-electron chi connectivity index (χ2n) is 4.49. The van der Waals surface area contributed by atoms with Gasteiger partial charge in [0.1, 0.15) is 0 Å². The Morgan fingerprint density at radius 3 is 2.42 bits per heavy atom. The van der Waals surface area contributed by atoms with Gasteiger partial charge in [-0.2, -0.15) is 0 Å². The van der Waals surface area contributed by atoms with Crippen molar-refractivity contribution in [2.45, 2.75) is 46.1 Å². The van der Waals surface area contributed by atoms with Crippen LogP contribution in [0.4, 0.5) is 0 Å². The molecule has 0 aliphatic rings. The molecule has 0 heterocycles. The first kappa shape index (κ1) is 11.7. The molecule has 0 aromatic heterocycles. The largest absolute Gasteiger partial charge is 0.271 e. The number of hydrogen-bond acceptors (Lipinski definition) is 2. The average Bonchev–Trinajstić information content (AvgIpc) is 1.96. The molecule has 2 heteroatoms. The third kappa shape index (κ3) is 6.38. The first-order valence-electron chi connectivity index (χ1n) is 4.56. The molecular formula is C10H22N2. The molecule has 0 amide bonds. The van der Waals surface area contributed by atoms with Crippen LogP contribution in [0.25, 0.3) is 0 Å². The summed E-state index contributed by atoms with van der Waals surface area (Å²) in [6.45, 7) is 10.4. The van der Waals surface area contributed by atoms with Crippen LogP contribution in [-0.4, -0.2) is 6.04 Å². The molecule has 1 atom stereocenters. The third-order valence-corrected chi connectivity index (χ3v) is 1.93. The fraction of sp³-hybridized carbons (Fsp3) is 0.800. The first-order chi connectivity index (χ1) is 5.49.